The fraction of sp³-hybridized carbons (Fsp3) is 0.500. The van der Waals surface area contributed by atoms with E-state index in [9.17, 15) is 13.2 Å². The van der Waals surface area contributed by atoms with Crippen LogP contribution in [0, 0.1) is 0 Å². The second-order valence-corrected chi connectivity index (χ2v) is 11.8. The molecule has 1 saturated heterocycles. The Bertz CT molecular complexity index is 982. The first kappa shape index (κ1) is 23.5. The lowest BCUT2D eigenvalue weighted by atomic mass is 9.86. The van der Waals surface area contributed by atoms with Crippen molar-refractivity contribution in [2.24, 2.45) is 0 Å². The Balaban J connectivity index is 1.84. The van der Waals surface area contributed by atoms with Crippen molar-refractivity contribution in [1.82, 2.24) is 14.6 Å². The average Bonchev–Trinajstić information content (AvgIpc) is 3.06. The number of aromatic nitrogens is 1. The van der Waals surface area contributed by atoms with Crippen molar-refractivity contribution >= 4 is 50.5 Å². The molecule has 0 spiro atoms. The molecule has 3 heterocycles. The number of sulfonamides is 1. The average molecular weight is 490 g/mol. The highest BCUT2D eigenvalue weighted by molar-refractivity contribution is 7.89. The maximum Gasteiger partial charge on any atom is 0.253 e. The van der Waals surface area contributed by atoms with Crippen molar-refractivity contribution in [1.29, 1.82) is 0 Å². The van der Waals surface area contributed by atoms with E-state index in [2.05, 4.69) is 10.3 Å². The molecule has 0 bridgehead atoms. The van der Waals surface area contributed by atoms with E-state index in [4.69, 9.17) is 23.2 Å². The van der Waals surface area contributed by atoms with Crippen molar-refractivity contribution in [3.63, 3.8) is 0 Å². The molecule has 1 fully saturated rings. The number of nitrogens with zero attached hydrogens (tertiary/aromatic N) is 2. The van der Waals surface area contributed by atoms with Gasteiger partial charge in [0, 0.05) is 36.4 Å². The minimum Gasteiger partial charge on any atom is -0.348 e. The molecule has 0 aromatic carbocycles. The molecule has 1 amide bonds. The molecule has 0 radical (unpaired) electrons. The Labute approximate surface area is 191 Å². The summed E-state index contributed by atoms with van der Waals surface area (Å²) in [4.78, 5) is 17.2. The summed E-state index contributed by atoms with van der Waals surface area (Å²) >= 11 is 13.2. The minimum absolute atomic E-state index is 0.0877. The van der Waals surface area contributed by atoms with Crippen LogP contribution in [-0.2, 0) is 10.0 Å². The number of carbonyl (C=O) groups is 1. The van der Waals surface area contributed by atoms with Crippen LogP contribution in [0.4, 0.5) is 0 Å². The number of halogens is 2. The zero-order chi connectivity index (χ0) is 21.9. The van der Waals surface area contributed by atoms with Gasteiger partial charge in [-0.2, -0.15) is 4.31 Å². The Kier molecular flexibility index (Phi) is 7.79. The molecule has 1 aliphatic rings. The third-order valence-electron chi connectivity index (χ3n) is 5.36. The normalized spacial score (nSPS) is 21.3. The van der Waals surface area contributed by atoms with Gasteiger partial charge in [0.05, 0.1) is 15.7 Å². The minimum atomic E-state index is -3.42. The summed E-state index contributed by atoms with van der Waals surface area (Å²) < 4.78 is 28.1. The van der Waals surface area contributed by atoms with Gasteiger partial charge in [0.25, 0.3) is 5.91 Å². The van der Waals surface area contributed by atoms with Gasteiger partial charge in [-0.15, -0.1) is 11.3 Å². The molecule has 164 valence electrons. The fourth-order valence-corrected chi connectivity index (χ4v) is 7.19. The quantitative estimate of drug-likeness (QED) is 0.618. The lowest BCUT2D eigenvalue weighted by Crippen LogP contribution is -2.55. The highest BCUT2D eigenvalue weighted by Crippen LogP contribution is 2.34. The first-order valence-electron chi connectivity index (χ1n) is 9.89. The Morgan fingerprint density at radius 3 is 2.77 bits per heavy atom. The van der Waals surface area contributed by atoms with E-state index in [0.29, 0.717) is 40.0 Å². The van der Waals surface area contributed by atoms with Crippen molar-refractivity contribution in [3.8, 4) is 0 Å². The van der Waals surface area contributed by atoms with E-state index in [1.807, 2.05) is 32.0 Å². The molecular formula is C20H25Cl2N3O3S2. The van der Waals surface area contributed by atoms with E-state index in [-0.39, 0.29) is 23.6 Å². The number of amides is 1. The van der Waals surface area contributed by atoms with Crippen LogP contribution in [0.1, 0.15) is 55.1 Å². The highest BCUT2D eigenvalue weighted by Gasteiger charge is 2.39. The smallest absolute Gasteiger partial charge is 0.253 e. The fourth-order valence-electron chi connectivity index (χ4n) is 3.91. The zero-order valence-corrected chi connectivity index (χ0v) is 20.0. The summed E-state index contributed by atoms with van der Waals surface area (Å²) in [7, 11) is -3.42. The van der Waals surface area contributed by atoms with Gasteiger partial charge in [-0.25, -0.2) is 8.42 Å². The summed E-state index contributed by atoms with van der Waals surface area (Å²) in [5.41, 5.74) is 1.25. The van der Waals surface area contributed by atoms with Crippen LogP contribution in [0.25, 0.3) is 0 Å². The molecule has 3 rings (SSSR count). The first-order chi connectivity index (χ1) is 14.2. The highest BCUT2D eigenvalue weighted by atomic mass is 35.5. The van der Waals surface area contributed by atoms with Gasteiger partial charge in [-0.1, -0.05) is 36.2 Å². The number of piperidine rings is 1. The number of nitrogens with one attached hydrogen (secondary N) is 1. The van der Waals surface area contributed by atoms with E-state index in [1.165, 1.54) is 6.07 Å². The molecule has 1 aliphatic heterocycles. The number of pyridine rings is 1. The number of rotatable bonds is 7. The van der Waals surface area contributed by atoms with Gasteiger partial charge in [0.2, 0.25) is 10.0 Å². The molecule has 0 aliphatic carbocycles. The Morgan fingerprint density at radius 2 is 2.17 bits per heavy atom. The van der Waals surface area contributed by atoms with Crippen LogP contribution >= 0.6 is 34.5 Å². The summed E-state index contributed by atoms with van der Waals surface area (Å²) in [6, 6.07) is 6.50. The Hall–Kier alpha value is -1.19. The summed E-state index contributed by atoms with van der Waals surface area (Å²) in [6.45, 7) is 4.08. The summed E-state index contributed by atoms with van der Waals surface area (Å²) in [6.07, 6.45) is 3.57. The lowest BCUT2D eigenvalue weighted by molar-refractivity contribution is 0.0906. The first-order valence-corrected chi connectivity index (χ1v) is 13.1. The third kappa shape index (κ3) is 5.34. The molecule has 2 unspecified atom stereocenters. The largest absolute Gasteiger partial charge is 0.348 e. The second-order valence-electron chi connectivity index (χ2n) is 7.47. The number of hydrogen-bond acceptors (Lipinski definition) is 5. The maximum absolute atomic E-state index is 12.9. The second kappa shape index (κ2) is 9.96. The molecule has 3 atom stereocenters. The van der Waals surface area contributed by atoms with Gasteiger partial charge in [-0.3, -0.25) is 9.78 Å². The van der Waals surface area contributed by atoms with Gasteiger partial charge < -0.3 is 5.32 Å². The van der Waals surface area contributed by atoms with Crippen LogP contribution in [0.2, 0.25) is 8.67 Å². The molecular weight excluding hydrogens is 465 g/mol. The molecule has 2 aromatic rings. The number of carbonyl (C=O) groups excluding carboxylic acids is 1. The van der Waals surface area contributed by atoms with E-state index >= 15 is 0 Å². The van der Waals surface area contributed by atoms with Gasteiger partial charge in [-0.05, 0) is 44.4 Å². The van der Waals surface area contributed by atoms with Crippen LogP contribution < -0.4 is 5.32 Å². The monoisotopic (exact) mass is 489 g/mol. The molecule has 0 saturated carbocycles. The SMILES string of the molecule is CCCS(=O)(=O)N1CCC(c2ccccn2)CC1[C@H](C)NC(=O)c1cc(Cl)sc1Cl. The third-order valence-corrected chi connectivity index (χ3v) is 8.94. The molecule has 2 aromatic heterocycles. The van der Waals surface area contributed by atoms with Crippen LogP contribution in [-0.4, -0.2) is 48.0 Å². The predicted octanol–water partition coefficient (Wildman–Crippen LogP) is 4.56. The maximum atomic E-state index is 12.9. The summed E-state index contributed by atoms with van der Waals surface area (Å²) in [5.74, 6) is -0.143. The molecule has 6 nitrogen and oxygen atoms in total. The van der Waals surface area contributed by atoms with Gasteiger partial charge in [0.1, 0.15) is 4.34 Å². The van der Waals surface area contributed by atoms with Crippen molar-refractivity contribution in [3.05, 3.63) is 50.4 Å². The topological polar surface area (TPSA) is 79.4 Å². The van der Waals surface area contributed by atoms with Crippen LogP contribution in [0.15, 0.2) is 30.5 Å². The van der Waals surface area contributed by atoms with Crippen molar-refractivity contribution in [2.75, 3.05) is 12.3 Å². The van der Waals surface area contributed by atoms with Gasteiger partial charge in [0.15, 0.2) is 0 Å². The summed E-state index contributed by atoms with van der Waals surface area (Å²) in [5, 5.41) is 2.93. The zero-order valence-electron chi connectivity index (χ0n) is 16.8. The molecule has 1 N–H and O–H groups in total. The Morgan fingerprint density at radius 1 is 1.40 bits per heavy atom. The van der Waals surface area contributed by atoms with E-state index in [1.54, 1.807) is 10.5 Å². The molecule has 10 heteroatoms. The van der Waals surface area contributed by atoms with Gasteiger partial charge >= 0.3 is 0 Å². The van der Waals surface area contributed by atoms with Crippen molar-refractivity contribution < 1.29 is 13.2 Å². The number of hydrogen-bond donors (Lipinski definition) is 1. The number of thiophene rings is 1. The molecule has 30 heavy (non-hydrogen) atoms. The van der Waals surface area contributed by atoms with Crippen LogP contribution in [0.3, 0.4) is 0 Å². The predicted molar refractivity (Wildman–Crippen MR) is 122 cm³/mol. The standard InChI is InChI=1S/C20H25Cl2N3O3S2/c1-3-10-30(27,28)25-9-7-14(16-6-4-5-8-23-16)11-17(25)13(2)24-20(26)15-12-18(21)29-19(15)22/h4-6,8,12-14,17H,3,7,9-11H2,1-2H3,(H,24,26)/t13-,14?,17?/m0/s1. The van der Waals surface area contributed by atoms with Crippen LogP contribution in [0.5, 0.6) is 0 Å². The lowest BCUT2D eigenvalue weighted by Gasteiger charge is -2.41. The van der Waals surface area contributed by atoms with Crippen molar-refractivity contribution in [2.45, 2.75) is 51.1 Å². The van der Waals surface area contributed by atoms with E-state index in [0.717, 1.165) is 17.0 Å². The van der Waals surface area contributed by atoms with E-state index < -0.39 is 16.1 Å².